The Labute approximate surface area is 132 Å². The van der Waals surface area contributed by atoms with Gasteiger partial charge in [-0.1, -0.05) is 42.0 Å². The number of hydrazine groups is 1. The van der Waals surface area contributed by atoms with E-state index in [4.69, 9.17) is 10.3 Å². The van der Waals surface area contributed by atoms with E-state index < -0.39 is 0 Å². The SMILES string of the molecule is Cc1cccc(CC(NN)c2cc3cccc(Br)c3o2)c1. The van der Waals surface area contributed by atoms with Gasteiger partial charge in [0, 0.05) is 5.39 Å². The molecule has 0 aliphatic heterocycles. The van der Waals surface area contributed by atoms with Crippen molar-refractivity contribution in [3.8, 4) is 0 Å². The zero-order valence-corrected chi connectivity index (χ0v) is 13.4. The van der Waals surface area contributed by atoms with E-state index in [9.17, 15) is 0 Å². The molecule has 0 fully saturated rings. The minimum Gasteiger partial charge on any atom is -0.458 e. The van der Waals surface area contributed by atoms with Gasteiger partial charge in [-0.15, -0.1) is 0 Å². The number of nitrogens with two attached hydrogens (primary N) is 1. The second kappa shape index (κ2) is 6.02. The highest BCUT2D eigenvalue weighted by atomic mass is 79.9. The smallest absolute Gasteiger partial charge is 0.148 e. The number of fused-ring (bicyclic) bond motifs is 1. The average Bonchev–Trinajstić information content (AvgIpc) is 2.90. The quantitative estimate of drug-likeness (QED) is 0.549. The van der Waals surface area contributed by atoms with E-state index in [1.807, 2.05) is 24.3 Å². The summed E-state index contributed by atoms with van der Waals surface area (Å²) in [7, 11) is 0. The fraction of sp³-hybridized carbons (Fsp3) is 0.176. The van der Waals surface area contributed by atoms with Gasteiger partial charge in [0.05, 0.1) is 10.5 Å². The van der Waals surface area contributed by atoms with E-state index in [0.29, 0.717) is 0 Å². The second-order valence-electron chi connectivity index (χ2n) is 5.22. The molecule has 3 nitrogen and oxygen atoms in total. The molecule has 0 spiro atoms. The molecule has 1 heterocycles. The maximum absolute atomic E-state index is 5.96. The first-order valence-electron chi connectivity index (χ1n) is 6.87. The first-order valence-corrected chi connectivity index (χ1v) is 7.66. The molecule has 0 saturated heterocycles. The molecule has 0 saturated carbocycles. The lowest BCUT2D eigenvalue weighted by Crippen LogP contribution is -2.29. The van der Waals surface area contributed by atoms with Crippen LogP contribution in [-0.2, 0) is 6.42 Å². The largest absolute Gasteiger partial charge is 0.458 e. The summed E-state index contributed by atoms with van der Waals surface area (Å²) in [5.41, 5.74) is 6.20. The van der Waals surface area contributed by atoms with Gasteiger partial charge in [-0.3, -0.25) is 5.84 Å². The van der Waals surface area contributed by atoms with Crippen molar-refractivity contribution < 1.29 is 4.42 Å². The molecular formula is C17H17BrN2O. The van der Waals surface area contributed by atoms with Gasteiger partial charge < -0.3 is 4.42 Å². The summed E-state index contributed by atoms with van der Waals surface area (Å²) >= 11 is 3.51. The van der Waals surface area contributed by atoms with Gasteiger partial charge >= 0.3 is 0 Å². The summed E-state index contributed by atoms with van der Waals surface area (Å²) in [5, 5.41) is 1.07. The molecule has 0 amide bonds. The lowest BCUT2D eigenvalue weighted by atomic mass is 10.0. The lowest BCUT2D eigenvalue weighted by molar-refractivity contribution is 0.434. The summed E-state index contributed by atoms with van der Waals surface area (Å²) in [6.07, 6.45) is 0.787. The summed E-state index contributed by atoms with van der Waals surface area (Å²) in [6, 6.07) is 16.4. The van der Waals surface area contributed by atoms with E-state index in [2.05, 4.69) is 52.5 Å². The molecule has 1 atom stereocenters. The van der Waals surface area contributed by atoms with Crippen molar-refractivity contribution in [1.82, 2.24) is 5.43 Å². The molecule has 0 aliphatic rings. The third-order valence-corrected chi connectivity index (χ3v) is 4.21. The van der Waals surface area contributed by atoms with Gasteiger partial charge in [-0.2, -0.15) is 0 Å². The number of hydrogen-bond acceptors (Lipinski definition) is 3. The summed E-state index contributed by atoms with van der Waals surface area (Å²) in [6.45, 7) is 2.09. The fourth-order valence-electron chi connectivity index (χ4n) is 2.54. The number of nitrogens with one attached hydrogen (secondary N) is 1. The molecule has 21 heavy (non-hydrogen) atoms. The van der Waals surface area contributed by atoms with Crippen LogP contribution in [0.1, 0.15) is 22.9 Å². The summed E-state index contributed by atoms with van der Waals surface area (Å²) < 4.78 is 6.92. The molecule has 3 aromatic rings. The first-order chi connectivity index (χ1) is 10.2. The second-order valence-corrected chi connectivity index (χ2v) is 6.07. The molecule has 3 N–H and O–H groups in total. The molecular weight excluding hydrogens is 328 g/mol. The van der Waals surface area contributed by atoms with Crippen molar-refractivity contribution in [3.05, 3.63) is 69.9 Å². The topological polar surface area (TPSA) is 51.2 Å². The van der Waals surface area contributed by atoms with Crippen LogP contribution in [0, 0.1) is 6.92 Å². The van der Waals surface area contributed by atoms with Crippen LogP contribution in [0.3, 0.4) is 0 Å². The van der Waals surface area contributed by atoms with E-state index in [-0.39, 0.29) is 6.04 Å². The fourth-order valence-corrected chi connectivity index (χ4v) is 3.00. The number of hydrogen-bond donors (Lipinski definition) is 2. The van der Waals surface area contributed by atoms with Crippen LogP contribution < -0.4 is 11.3 Å². The normalized spacial score (nSPS) is 12.7. The van der Waals surface area contributed by atoms with E-state index in [1.165, 1.54) is 11.1 Å². The average molecular weight is 345 g/mol. The predicted molar refractivity (Wildman–Crippen MR) is 88.9 cm³/mol. The van der Waals surface area contributed by atoms with Crippen molar-refractivity contribution in [1.29, 1.82) is 0 Å². The van der Waals surface area contributed by atoms with Crippen molar-refractivity contribution in [2.45, 2.75) is 19.4 Å². The highest BCUT2D eigenvalue weighted by molar-refractivity contribution is 9.10. The van der Waals surface area contributed by atoms with E-state index in [1.54, 1.807) is 0 Å². The van der Waals surface area contributed by atoms with E-state index in [0.717, 1.165) is 27.6 Å². The molecule has 0 aliphatic carbocycles. The molecule has 2 aromatic carbocycles. The monoisotopic (exact) mass is 344 g/mol. The number of rotatable bonds is 4. The Balaban J connectivity index is 1.93. The highest BCUT2D eigenvalue weighted by Gasteiger charge is 2.16. The highest BCUT2D eigenvalue weighted by Crippen LogP contribution is 2.30. The van der Waals surface area contributed by atoms with Gasteiger partial charge in [-0.25, -0.2) is 5.43 Å². The number of aryl methyl sites for hydroxylation is 1. The summed E-state index contributed by atoms with van der Waals surface area (Å²) in [5.74, 6) is 6.58. The van der Waals surface area contributed by atoms with Crippen LogP contribution >= 0.6 is 15.9 Å². The van der Waals surface area contributed by atoms with Crippen LogP contribution in [0.5, 0.6) is 0 Å². The Morgan fingerprint density at radius 3 is 2.71 bits per heavy atom. The Morgan fingerprint density at radius 1 is 1.19 bits per heavy atom. The standard InChI is InChI=1S/C17H17BrN2O/c1-11-4-2-5-12(8-11)9-15(20-19)16-10-13-6-3-7-14(18)17(13)21-16/h2-8,10,15,20H,9,19H2,1H3. The van der Waals surface area contributed by atoms with Crippen molar-refractivity contribution in [2.24, 2.45) is 5.84 Å². The molecule has 1 unspecified atom stereocenters. The third kappa shape index (κ3) is 3.02. The minimum absolute atomic E-state index is 0.0499. The molecule has 108 valence electrons. The van der Waals surface area contributed by atoms with Crippen LogP contribution in [0.2, 0.25) is 0 Å². The van der Waals surface area contributed by atoms with Gasteiger partial charge in [-0.05, 0) is 47.0 Å². The molecule has 3 rings (SSSR count). The summed E-state index contributed by atoms with van der Waals surface area (Å²) in [4.78, 5) is 0. The molecule has 0 bridgehead atoms. The predicted octanol–water partition coefficient (Wildman–Crippen LogP) is 4.25. The zero-order valence-electron chi connectivity index (χ0n) is 11.8. The minimum atomic E-state index is -0.0499. The zero-order chi connectivity index (χ0) is 14.8. The third-order valence-electron chi connectivity index (χ3n) is 3.58. The Kier molecular flexibility index (Phi) is 4.10. The van der Waals surface area contributed by atoms with Gasteiger partial charge in [0.15, 0.2) is 0 Å². The number of furan rings is 1. The van der Waals surface area contributed by atoms with Crippen molar-refractivity contribution in [2.75, 3.05) is 0 Å². The molecule has 1 aromatic heterocycles. The van der Waals surface area contributed by atoms with Crippen molar-refractivity contribution >= 4 is 26.9 Å². The number of benzene rings is 2. The number of para-hydroxylation sites is 1. The van der Waals surface area contributed by atoms with Crippen LogP contribution in [0.15, 0.2) is 57.4 Å². The lowest BCUT2D eigenvalue weighted by Gasteiger charge is -2.13. The van der Waals surface area contributed by atoms with E-state index >= 15 is 0 Å². The van der Waals surface area contributed by atoms with Crippen LogP contribution in [0.4, 0.5) is 0 Å². The maximum atomic E-state index is 5.96. The van der Waals surface area contributed by atoms with Gasteiger partial charge in [0.2, 0.25) is 0 Å². The van der Waals surface area contributed by atoms with Gasteiger partial charge in [0.1, 0.15) is 11.3 Å². The maximum Gasteiger partial charge on any atom is 0.148 e. The van der Waals surface area contributed by atoms with Crippen LogP contribution in [-0.4, -0.2) is 0 Å². The van der Waals surface area contributed by atoms with Crippen molar-refractivity contribution in [3.63, 3.8) is 0 Å². The Hall–Kier alpha value is -1.62. The molecule has 0 radical (unpaired) electrons. The number of halogens is 1. The van der Waals surface area contributed by atoms with Crippen LogP contribution in [0.25, 0.3) is 11.0 Å². The Morgan fingerprint density at radius 2 is 2.00 bits per heavy atom. The first kappa shape index (κ1) is 14.3. The molecule has 4 heteroatoms. The Bertz CT molecular complexity index is 766. The van der Waals surface area contributed by atoms with Gasteiger partial charge in [0.25, 0.3) is 0 Å².